The van der Waals surface area contributed by atoms with Gasteiger partial charge in [-0.15, -0.1) is 0 Å². The third-order valence-electron chi connectivity index (χ3n) is 7.27. The van der Waals surface area contributed by atoms with Gasteiger partial charge >= 0.3 is 5.97 Å². The summed E-state index contributed by atoms with van der Waals surface area (Å²) in [5.74, 6) is 3.22. The molecule has 0 spiro atoms. The van der Waals surface area contributed by atoms with E-state index in [-0.39, 0.29) is 23.6 Å². The van der Waals surface area contributed by atoms with Crippen LogP contribution in [0.2, 0.25) is 0 Å². The van der Waals surface area contributed by atoms with E-state index in [4.69, 9.17) is 14.2 Å². The summed E-state index contributed by atoms with van der Waals surface area (Å²) in [7, 11) is 1.69. The van der Waals surface area contributed by atoms with Gasteiger partial charge in [0.05, 0.1) is 13.2 Å². The van der Waals surface area contributed by atoms with Gasteiger partial charge in [-0.05, 0) is 62.5 Å². The van der Waals surface area contributed by atoms with Gasteiger partial charge in [0.1, 0.15) is 17.6 Å². The van der Waals surface area contributed by atoms with E-state index in [2.05, 4.69) is 19.9 Å². The average Bonchev–Trinajstić information content (AvgIpc) is 2.61. The van der Waals surface area contributed by atoms with Crippen molar-refractivity contribution >= 4 is 5.97 Å². The van der Waals surface area contributed by atoms with Crippen molar-refractivity contribution in [2.24, 2.45) is 17.3 Å². The van der Waals surface area contributed by atoms with E-state index < -0.39 is 0 Å². The number of esters is 1. The lowest BCUT2D eigenvalue weighted by Gasteiger charge is -2.57. The van der Waals surface area contributed by atoms with E-state index in [1.165, 1.54) is 18.9 Å². The second-order valence-electron chi connectivity index (χ2n) is 8.59. The molecule has 142 valence electrons. The first kappa shape index (κ1) is 17.7. The molecule has 0 aromatic heterocycles. The molecular weight excluding hydrogens is 328 g/mol. The number of ether oxygens (including phenoxy) is 3. The first-order valence-corrected chi connectivity index (χ1v) is 9.96. The molecule has 0 radical (unpaired) electrons. The van der Waals surface area contributed by atoms with Crippen LogP contribution in [-0.2, 0) is 9.53 Å². The van der Waals surface area contributed by atoms with Gasteiger partial charge < -0.3 is 14.2 Å². The van der Waals surface area contributed by atoms with Gasteiger partial charge in [0.25, 0.3) is 0 Å². The minimum atomic E-state index is -0.149. The maximum absolute atomic E-state index is 11.6. The summed E-state index contributed by atoms with van der Waals surface area (Å²) < 4.78 is 17.5. The van der Waals surface area contributed by atoms with Crippen LogP contribution in [0.1, 0.15) is 64.4 Å². The van der Waals surface area contributed by atoms with E-state index in [1.807, 2.05) is 12.1 Å². The number of fused-ring (bicyclic) bond motifs is 5. The Kier molecular flexibility index (Phi) is 4.40. The van der Waals surface area contributed by atoms with Crippen LogP contribution in [0.15, 0.2) is 18.2 Å². The summed E-state index contributed by atoms with van der Waals surface area (Å²) in [4.78, 5) is 11.6. The normalized spacial score (nSPS) is 38.2. The molecule has 4 heteroatoms. The Balaban J connectivity index is 1.68. The zero-order valence-electron chi connectivity index (χ0n) is 16.3. The molecular formula is C22H30O4. The summed E-state index contributed by atoms with van der Waals surface area (Å²) in [5.41, 5.74) is 1.39. The molecule has 4 unspecified atom stereocenters. The first-order valence-electron chi connectivity index (χ1n) is 9.96. The molecule has 0 N–H and O–H groups in total. The van der Waals surface area contributed by atoms with Crippen LogP contribution in [-0.4, -0.2) is 25.3 Å². The fourth-order valence-electron chi connectivity index (χ4n) is 6.08. The fraction of sp³-hybridized carbons (Fsp3) is 0.682. The van der Waals surface area contributed by atoms with E-state index in [0.29, 0.717) is 17.8 Å². The summed E-state index contributed by atoms with van der Waals surface area (Å²) in [6, 6.07) is 6.26. The van der Waals surface area contributed by atoms with Gasteiger partial charge in [-0.25, -0.2) is 0 Å². The summed E-state index contributed by atoms with van der Waals surface area (Å²) in [6.07, 6.45) is 5.77. The van der Waals surface area contributed by atoms with Gasteiger partial charge in [-0.2, -0.15) is 0 Å². The van der Waals surface area contributed by atoms with Gasteiger partial charge in [0.15, 0.2) is 0 Å². The van der Waals surface area contributed by atoms with Gasteiger partial charge in [0, 0.05) is 24.3 Å². The Hall–Kier alpha value is -1.71. The zero-order chi connectivity index (χ0) is 18.5. The number of hydrogen-bond donors (Lipinski definition) is 0. The Morgan fingerprint density at radius 2 is 2.08 bits per heavy atom. The third kappa shape index (κ3) is 2.69. The standard InChI is InChI=1S/C22H30O4/c1-13-21-17(16-9-8-15(24-4)12-19(16)25-13)10-11-22(3)18(21)6-5-7-20(22)26-14(2)23/h8-9,12-13,17-18,20-21H,5-7,10-11H2,1-4H3/t13-,17?,18?,20?,21?,22+/m1/s1. The highest BCUT2D eigenvalue weighted by molar-refractivity contribution is 5.66. The lowest BCUT2D eigenvalue weighted by Crippen LogP contribution is -2.55. The highest BCUT2D eigenvalue weighted by Crippen LogP contribution is 2.61. The van der Waals surface area contributed by atoms with Crippen LogP contribution >= 0.6 is 0 Å². The topological polar surface area (TPSA) is 44.8 Å². The molecule has 2 fully saturated rings. The maximum Gasteiger partial charge on any atom is 0.302 e. The molecule has 2 aliphatic carbocycles. The number of hydrogen-bond acceptors (Lipinski definition) is 4. The smallest absolute Gasteiger partial charge is 0.302 e. The first-order chi connectivity index (χ1) is 12.4. The molecule has 6 atom stereocenters. The van der Waals surface area contributed by atoms with E-state index in [9.17, 15) is 4.79 Å². The minimum absolute atomic E-state index is 0.0455. The van der Waals surface area contributed by atoms with Gasteiger partial charge in [0.2, 0.25) is 0 Å². The van der Waals surface area contributed by atoms with Crippen molar-refractivity contribution in [3.63, 3.8) is 0 Å². The largest absolute Gasteiger partial charge is 0.497 e. The lowest BCUT2D eigenvalue weighted by molar-refractivity contribution is -0.171. The van der Waals surface area contributed by atoms with Crippen molar-refractivity contribution in [3.05, 3.63) is 23.8 Å². The molecule has 4 nitrogen and oxygen atoms in total. The molecule has 1 aliphatic heterocycles. The van der Waals surface area contributed by atoms with Gasteiger partial charge in [-0.3, -0.25) is 4.79 Å². The summed E-state index contributed by atoms with van der Waals surface area (Å²) in [5, 5.41) is 0. The SMILES string of the molecule is COc1ccc2c(c1)O[C@H](C)C1C2CC[C@]2(C)C(OC(C)=O)CCCC12. The molecule has 1 aromatic rings. The number of carbonyl (C=O) groups excluding carboxylic acids is 1. The van der Waals surface area contributed by atoms with E-state index in [0.717, 1.165) is 37.2 Å². The van der Waals surface area contributed by atoms with Gasteiger partial charge in [-0.1, -0.05) is 13.0 Å². The number of carbonyl (C=O) groups is 1. The summed E-state index contributed by atoms with van der Waals surface area (Å²) in [6.45, 7) is 6.09. The monoisotopic (exact) mass is 358 g/mol. The minimum Gasteiger partial charge on any atom is -0.497 e. The Morgan fingerprint density at radius 3 is 2.81 bits per heavy atom. The van der Waals surface area contributed by atoms with Crippen LogP contribution < -0.4 is 9.47 Å². The van der Waals surface area contributed by atoms with Crippen LogP contribution in [0.25, 0.3) is 0 Å². The fourth-order valence-corrected chi connectivity index (χ4v) is 6.08. The van der Waals surface area contributed by atoms with Crippen molar-refractivity contribution < 1.29 is 19.0 Å². The summed E-state index contributed by atoms with van der Waals surface area (Å²) >= 11 is 0. The molecule has 3 aliphatic rings. The average molecular weight is 358 g/mol. The maximum atomic E-state index is 11.6. The van der Waals surface area contributed by atoms with Crippen LogP contribution in [0.4, 0.5) is 0 Å². The third-order valence-corrected chi connectivity index (χ3v) is 7.27. The Bertz CT molecular complexity index is 699. The van der Waals surface area contributed by atoms with Crippen molar-refractivity contribution in [3.8, 4) is 11.5 Å². The highest BCUT2D eigenvalue weighted by atomic mass is 16.5. The predicted octanol–water partition coefficient (Wildman–Crippen LogP) is 4.71. The molecule has 0 saturated heterocycles. The zero-order valence-corrected chi connectivity index (χ0v) is 16.3. The quantitative estimate of drug-likeness (QED) is 0.718. The highest BCUT2D eigenvalue weighted by Gasteiger charge is 2.56. The molecule has 2 saturated carbocycles. The van der Waals surface area contributed by atoms with Crippen LogP contribution in [0.3, 0.4) is 0 Å². The number of methoxy groups -OCH3 is 1. The van der Waals surface area contributed by atoms with Crippen molar-refractivity contribution in [1.29, 1.82) is 0 Å². The van der Waals surface area contributed by atoms with E-state index >= 15 is 0 Å². The van der Waals surface area contributed by atoms with Crippen molar-refractivity contribution in [1.82, 2.24) is 0 Å². The van der Waals surface area contributed by atoms with Crippen molar-refractivity contribution in [2.75, 3.05) is 7.11 Å². The van der Waals surface area contributed by atoms with Crippen LogP contribution in [0, 0.1) is 17.3 Å². The molecule has 0 bridgehead atoms. The predicted molar refractivity (Wildman–Crippen MR) is 99.6 cm³/mol. The molecule has 0 amide bonds. The van der Waals surface area contributed by atoms with E-state index in [1.54, 1.807) is 7.11 Å². The molecule has 1 heterocycles. The number of rotatable bonds is 2. The molecule has 26 heavy (non-hydrogen) atoms. The van der Waals surface area contributed by atoms with Crippen molar-refractivity contribution in [2.45, 2.75) is 71.0 Å². The second kappa shape index (κ2) is 6.47. The Morgan fingerprint density at radius 1 is 1.27 bits per heavy atom. The Labute approximate surface area is 156 Å². The molecule has 1 aromatic carbocycles. The second-order valence-corrected chi connectivity index (χ2v) is 8.59. The lowest BCUT2D eigenvalue weighted by atomic mass is 9.50. The number of benzene rings is 1. The molecule has 4 rings (SSSR count). The van der Waals surface area contributed by atoms with Crippen LogP contribution in [0.5, 0.6) is 11.5 Å².